The Balaban J connectivity index is 0.000000810. The van der Waals surface area contributed by atoms with Crippen LogP contribution in [0.25, 0.3) is 0 Å². The molecule has 0 aromatic rings. The lowest BCUT2D eigenvalue weighted by atomic mass is 10.0. The van der Waals surface area contributed by atoms with Gasteiger partial charge in [-0.05, 0) is 12.8 Å². The van der Waals surface area contributed by atoms with Crippen molar-refractivity contribution in [3.05, 3.63) is 0 Å². The predicted molar refractivity (Wildman–Crippen MR) is 44.8 cm³/mol. The summed E-state index contributed by atoms with van der Waals surface area (Å²) in [5.41, 5.74) is 10.6. The molecular formula is C6H13BrN2O. The first kappa shape index (κ1) is 9.91. The Bertz CT molecular complexity index is 129. The van der Waals surface area contributed by atoms with Gasteiger partial charge in [-0.3, -0.25) is 4.79 Å². The summed E-state index contributed by atoms with van der Waals surface area (Å²) >= 11 is 0. The number of primary amides is 1. The fourth-order valence-corrected chi connectivity index (χ4v) is 1.34. The van der Waals surface area contributed by atoms with Gasteiger partial charge in [0.2, 0.25) is 5.91 Å². The second-order valence-corrected chi connectivity index (χ2v) is 2.60. The highest BCUT2D eigenvalue weighted by atomic mass is 79.9. The van der Waals surface area contributed by atoms with Gasteiger partial charge in [-0.1, -0.05) is 6.42 Å². The van der Waals surface area contributed by atoms with Crippen molar-refractivity contribution in [1.82, 2.24) is 0 Å². The van der Waals surface area contributed by atoms with E-state index in [4.69, 9.17) is 11.5 Å². The summed E-state index contributed by atoms with van der Waals surface area (Å²) in [4.78, 5) is 10.6. The lowest BCUT2D eigenvalue weighted by molar-refractivity contribution is -0.121. The minimum Gasteiger partial charge on any atom is -0.369 e. The van der Waals surface area contributed by atoms with Gasteiger partial charge in [0.1, 0.15) is 0 Å². The van der Waals surface area contributed by atoms with E-state index in [1.807, 2.05) is 0 Å². The summed E-state index contributed by atoms with van der Waals surface area (Å²) in [6.45, 7) is 0. The van der Waals surface area contributed by atoms with Gasteiger partial charge < -0.3 is 11.5 Å². The van der Waals surface area contributed by atoms with Crippen LogP contribution in [0, 0.1) is 5.92 Å². The Kier molecular flexibility index (Phi) is 3.89. The molecule has 1 rings (SSSR count). The van der Waals surface area contributed by atoms with Crippen molar-refractivity contribution in [3.63, 3.8) is 0 Å². The highest BCUT2D eigenvalue weighted by molar-refractivity contribution is 8.93. The van der Waals surface area contributed by atoms with Crippen molar-refractivity contribution in [2.24, 2.45) is 17.4 Å². The minimum absolute atomic E-state index is 0. The smallest absolute Gasteiger partial charge is 0.222 e. The van der Waals surface area contributed by atoms with Crippen molar-refractivity contribution in [1.29, 1.82) is 0 Å². The lowest BCUT2D eigenvalue weighted by Gasteiger charge is -2.08. The Hall–Kier alpha value is -0.0900. The zero-order valence-electron chi connectivity index (χ0n) is 5.75. The summed E-state index contributed by atoms with van der Waals surface area (Å²) < 4.78 is 0. The number of hydrogen-bond donors (Lipinski definition) is 2. The predicted octanol–water partition coefficient (Wildman–Crippen LogP) is 0.177. The van der Waals surface area contributed by atoms with Gasteiger partial charge in [-0.15, -0.1) is 17.0 Å². The van der Waals surface area contributed by atoms with E-state index in [-0.39, 0.29) is 34.8 Å². The molecule has 0 spiro atoms. The van der Waals surface area contributed by atoms with E-state index in [0.717, 1.165) is 19.3 Å². The molecule has 1 amide bonds. The lowest BCUT2D eigenvalue weighted by Crippen LogP contribution is -2.34. The molecule has 0 unspecified atom stereocenters. The number of amides is 1. The number of carbonyl (C=O) groups excluding carboxylic acids is 1. The number of carbonyl (C=O) groups is 1. The van der Waals surface area contributed by atoms with Crippen LogP contribution in [0.3, 0.4) is 0 Å². The summed E-state index contributed by atoms with van der Waals surface area (Å²) in [5, 5.41) is 0. The SMILES string of the molecule is Br.NC(=O)[C@H]1CCC[C@H]1N. The van der Waals surface area contributed by atoms with Gasteiger partial charge in [0.05, 0.1) is 5.92 Å². The third kappa shape index (κ3) is 1.95. The number of rotatable bonds is 1. The summed E-state index contributed by atoms with van der Waals surface area (Å²) in [6, 6.07) is 0.0301. The van der Waals surface area contributed by atoms with Gasteiger partial charge in [-0.2, -0.15) is 0 Å². The highest BCUT2D eigenvalue weighted by Gasteiger charge is 2.27. The fraction of sp³-hybridized carbons (Fsp3) is 0.833. The largest absolute Gasteiger partial charge is 0.369 e. The quantitative estimate of drug-likeness (QED) is 0.646. The second kappa shape index (κ2) is 3.93. The van der Waals surface area contributed by atoms with Crippen LogP contribution < -0.4 is 11.5 Å². The second-order valence-electron chi connectivity index (χ2n) is 2.60. The molecule has 3 nitrogen and oxygen atoms in total. The van der Waals surface area contributed by atoms with Crippen LogP contribution in [0.4, 0.5) is 0 Å². The van der Waals surface area contributed by atoms with E-state index >= 15 is 0 Å². The maximum Gasteiger partial charge on any atom is 0.222 e. The van der Waals surface area contributed by atoms with E-state index in [1.54, 1.807) is 0 Å². The molecule has 0 saturated heterocycles. The summed E-state index contributed by atoms with van der Waals surface area (Å²) in [6.07, 6.45) is 2.89. The molecule has 0 radical (unpaired) electrons. The Morgan fingerprint density at radius 3 is 2.20 bits per heavy atom. The van der Waals surface area contributed by atoms with Crippen LogP contribution in [0.5, 0.6) is 0 Å². The molecule has 1 aliphatic rings. The Morgan fingerprint density at radius 1 is 1.40 bits per heavy atom. The molecule has 0 bridgehead atoms. The maximum atomic E-state index is 10.6. The molecule has 4 N–H and O–H groups in total. The monoisotopic (exact) mass is 208 g/mol. The third-order valence-electron chi connectivity index (χ3n) is 1.93. The zero-order chi connectivity index (χ0) is 6.85. The molecule has 0 aromatic carbocycles. The summed E-state index contributed by atoms with van der Waals surface area (Å²) in [7, 11) is 0. The van der Waals surface area contributed by atoms with Crippen LogP contribution in [0.15, 0.2) is 0 Å². The van der Waals surface area contributed by atoms with Crippen LogP contribution >= 0.6 is 17.0 Å². The molecule has 4 heteroatoms. The zero-order valence-corrected chi connectivity index (χ0v) is 7.46. The average molecular weight is 209 g/mol. The fourth-order valence-electron chi connectivity index (χ4n) is 1.34. The molecular weight excluding hydrogens is 196 g/mol. The van der Waals surface area contributed by atoms with Gasteiger partial charge in [-0.25, -0.2) is 0 Å². The Morgan fingerprint density at radius 2 is 2.00 bits per heavy atom. The normalized spacial score (nSPS) is 31.3. The van der Waals surface area contributed by atoms with Crippen LogP contribution in [-0.2, 0) is 4.79 Å². The van der Waals surface area contributed by atoms with E-state index in [1.165, 1.54) is 0 Å². The van der Waals surface area contributed by atoms with E-state index < -0.39 is 0 Å². The first-order chi connectivity index (χ1) is 4.22. The molecule has 1 aliphatic carbocycles. The van der Waals surface area contributed by atoms with Crippen LogP contribution in [-0.4, -0.2) is 11.9 Å². The molecule has 10 heavy (non-hydrogen) atoms. The van der Waals surface area contributed by atoms with E-state index in [0.29, 0.717) is 0 Å². The van der Waals surface area contributed by atoms with Gasteiger partial charge in [0.25, 0.3) is 0 Å². The molecule has 0 heterocycles. The molecule has 0 aromatic heterocycles. The molecule has 1 saturated carbocycles. The van der Waals surface area contributed by atoms with Crippen LogP contribution in [0.1, 0.15) is 19.3 Å². The molecule has 60 valence electrons. The van der Waals surface area contributed by atoms with E-state index in [9.17, 15) is 4.79 Å². The number of nitrogens with two attached hydrogens (primary N) is 2. The van der Waals surface area contributed by atoms with Crippen molar-refractivity contribution in [2.45, 2.75) is 25.3 Å². The molecule has 0 aliphatic heterocycles. The van der Waals surface area contributed by atoms with E-state index in [2.05, 4.69) is 0 Å². The van der Waals surface area contributed by atoms with Gasteiger partial charge >= 0.3 is 0 Å². The summed E-state index contributed by atoms with van der Waals surface area (Å²) in [5.74, 6) is -0.287. The Labute approximate surface area is 70.9 Å². The number of hydrogen-bond acceptors (Lipinski definition) is 2. The topological polar surface area (TPSA) is 69.1 Å². The van der Waals surface area contributed by atoms with Gasteiger partial charge in [0.15, 0.2) is 0 Å². The van der Waals surface area contributed by atoms with Crippen molar-refractivity contribution >= 4 is 22.9 Å². The first-order valence-electron chi connectivity index (χ1n) is 3.26. The maximum absolute atomic E-state index is 10.6. The van der Waals surface area contributed by atoms with Crippen molar-refractivity contribution in [3.8, 4) is 0 Å². The van der Waals surface area contributed by atoms with Gasteiger partial charge in [0, 0.05) is 6.04 Å². The third-order valence-corrected chi connectivity index (χ3v) is 1.93. The van der Waals surface area contributed by atoms with Crippen LogP contribution in [0.2, 0.25) is 0 Å². The molecule has 1 fully saturated rings. The highest BCUT2D eigenvalue weighted by Crippen LogP contribution is 2.22. The number of halogens is 1. The van der Waals surface area contributed by atoms with Crippen molar-refractivity contribution < 1.29 is 4.79 Å². The molecule has 2 atom stereocenters. The van der Waals surface area contributed by atoms with Crippen molar-refractivity contribution in [2.75, 3.05) is 0 Å². The minimum atomic E-state index is -0.236. The average Bonchev–Trinajstić information content (AvgIpc) is 2.13. The first-order valence-corrected chi connectivity index (χ1v) is 3.26. The standard InChI is InChI=1S/C6H12N2O.BrH/c7-5-3-1-2-4(5)6(8)9;/h4-5H,1-3,7H2,(H2,8,9);1H/t4-,5+;/m0./s1.